The maximum atomic E-state index is 9.36. The fraction of sp³-hybridized carbons (Fsp3) is 0.286. The van der Waals surface area contributed by atoms with Gasteiger partial charge in [-0.2, -0.15) is 0 Å². The van der Waals surface area contributed by atoms with Gasteiger partial charge in [-0.3, -0.25) is 0 Å². The van der Waals surface area contributed by atoms with Crippen LogP contribution in [-0.2, 0) is 13.0 Å². The smallest absolute Gasteiger partial charge is 0.191 e. The summed E-state index contributed by atoms with van der Waals surface area (Å²) in [6.07, 6.45) is 3.02. The molecule has 0 aliphatic heterocycles. The molecule has 0 spiro atoms. The van der Waals surface area contributed by atoms with E-state index >= 15 is 0 Å². The van der Waals surface area contributed by atoms with E-state index in [1.807, 2.05) is 12.1 Å². The lowest BCUT2D eigenvalue weighted by atomic mass is 10.1. The number of halogens is 1. The molecule has 1 aromatic heterocycles. The number of aliphatic imine (C=N–C) groups is 1. The Morgan fingerprint density at radius 3 is 2.63 bits per heavy atom. The summed E-state index contributed by atoms with van der Waals surface area (Å²) in [6, 6.07) is 13.5. The van der Waals surface area contributed by atoms with E-state index in [-0.39, 0.29) is 29.7 Å². The molecule has 2 aromatic carbocycles. The van der Waals surface area contributed by atoms with Crippen molar-refractivity contribution in [2.24, 2.45) is 4.99 Å². The largest absolute Gasteiger partial charge is 0.508 e. The van der Waals surface area contributed by atoms with Gasteiger partial charge in [-0.05, 0) is 55.2 Å². The van der Waals surface area contributed by atoms with Crippen molar-refractivity contribution in [3.63, 3.8) is 0 Å². The van der Waals surface area contributed by atoms with Crippen LogP contribution in [0.15, 0.2) is 53.7 Å². The van der Waals surface area contributed by atoms with Gasteiger partial charge in [0, 0.05) is 30.2 Å². The van der Waals surface area contributed by atoms with Gasteiger partial charge < -0.3 is 20.7 Å². The molecule has 0 atom stereocenters. The van der Waals surface area contributed by atoms with Crippen molar-refractivity contribution >= 4 is 40.8 Å². The van der Waals surface area contributed by atoms with Gasteiger partial charge in [-0.15, -0.1) is 24.0 Å². The first-order valence-corrected chi connectivity index (χ1v) is 9.03. The molecule has 0 saturated carbocycles. The highest BCUT2D eigenvalue weighted by atomic mass is 127. The number of nitrogens with zero attached hydrogens (tertiary/aromatic N) is 1. The second kappa shape index (κ2) is 10.2. The summed E-state index contributed by atoms with van der Waals surface area (Å²) in [6.45, 7) is 6.40. The first-order valence-electron chi connectivity index (χ1n) is 9.03. The number of H-pyrrole nitrogens is 1. The van der Waals surface area contributed by atoms with E-state index in [0.29, 0.717) is 6.54 Å². The van der Waals surface area contributed by atoms with Crippen molar-refractivity contribution in [2.75, 3.05) is 13.1 Å². The van der Waals surface area contributed by atoms with Crippen LogP contribution in [0.25, 0.3) is 10.9 Å². The van der Waals surface area contributed by atoms with Crippen molar-refractivity contribution in [3.05, 3.63) is 65.4 Å². The Hall–Kier alpha value is -2.22. The van der Waals surface area contributed by atoms with Gasteiger partial charge in [0.1, 0.15) is 5.75 Å². The van der Waals surface area contributed by atoms with E-state index in [2.05, 4.69) is 58.9 Å². The average Bonchev–Trinajstić information content (AvgIpc) is 3.05. The maximum absolute atomic E-state index is 9.36. The van der Waals surface area contributed by atoms with E-state index in [1.165, 1.54) is 22.0 Å². The summed E-state index contributed by atoms with van der Waals surface area (Å²) in [5.41, 5.74) is 4.87. The topological polar surface area (TPSA) is 72.4 Å². The summed E-state index contributed by atoms with van der Waals surface area (Å²) in [5.74, 6) is 1.08. The number of guanidine groups is 1. The van der Waals surface area contributed by atoms with Crippen LogP contribution in [0.4, 0.5) is 0 Å². The van der Waals surface area contributed by atoms with E-state index in [4.69, 9.17) is 0 Å². The number of nitrogens with one attached hydrogen (secondary N) is 3. The molecule has 0 unspecified atom stereocenters. The number of aromatic hydroxyl groups is 1. The second-order valence-electron chi connectivity index (χ2n) is 6.35. The lowest BCUT2D eigenvalue weighted by Crippen LogP contribution is -2.38. The van der Waals surface area contributed by atoms with Gasteiger partial charge >= 0.3 is 0 Å². The predicted molar refractivity (Wildman–Crippen MR) is 123 cm³/mol. The molecule has 0 amide bonds. The lowest BCUT2D eigenvalue weighted by Gasteiger charge is -2.11. The van der Waals surface area contributed by atoms with E-state index < -0.39 is 0 Å². The summed E-state index contributed by atoms with van der Waals surface area (Å²) in [4.78, 5) is 7.97. The highest BCUT2D eigenvalue weighted by Gasteiger charge is 2.06. The molecule has 0 bridgehead atoms. The standard InChI is InChI=1S/C21H26N4O.HI/c1-3-22-21(25-13-16-7-9-18(26)10-8-16)23-12-11-17-14-24-19-6-4-5-15(2)20(17)19;/h4-10,14,24,26H,3,11-13H2,1-2H3,(H2,22,23,25);1H. The van der Waals surface area contributed by atoms with Gasteiger partial charge in [0.25, 0.3) is 0 Å². The number of phenolic OH excluding ortho intramolecular Hbond substituents is 1. The molecule has 0 aliphatic carbocycles. The first-order chi connectivity index (χ1) is 12.7. The molecule has 1 heterocycles. The van der Waals surface area contributed by atoms with Crippen LogP contribution in [0, 0.1) is 6.92 Å². The number of benzene rings is 2. The highest BCUT2D eigenvalue weighted by molar-refractivity contribution is 14.0. The number of rotatable bonds is 6. The molecule has 3 aromatic rings. The number of aromatic nitrogens is 1. The number of hydrogen-bond acceptors (Lipinski definition) is 2. The molecule has 4 N–H and O–H groups in total. The van der Waals surface area contributed by atoms with Crippen LogP contribution in [0.5, 0.6) is 5.75 Å². The number of hydrogen-bond donors (Lipinski definition) is 4. The molecule has 0 saturated heterocycles. The highest BCUT2D eigenvalue weighted by Crippen LogP contribution is 2.22. The summed E-state index contributed by atoms with van der Waals surface area (Å²) >= 11 is 0. The Morgan fingerprint density at radius 2 is 1.89 bits per heavy atom. The molecule has 144 valence electrons. The Labute approximate surface area is 177 Å². The first kappa shape index (κ1) is 21.1. The van der Waals surface area contributed by atoms with E-state index in [0.717, 1.165) is 31.0 Å². The Bertz CT molecular complexity index is 887. The van der Waals surface area contributed by atoms with Crippen LogP contribution >= 0.6 is 24.0 Å². The minimum atomic E-state index is 0. The van der Waals surface area contributed by atoms with Crippen molar-refractivity contribution in [1.82, 2.24) is 15.6 Å². The lowest BCUT2D eigenvalue weighted by molar-refractivity contribution is 0.475. The van der Waals surface area contributed by atoms with E-state index in [9.17, 15) is 5.11 Å². The van der Waals surface area contributed by atoms with Gasteiger partial charge in [-0.25, -0.2) is 4.99 Å². The predicted octanol–water partition coefficient (Wildman–Crippen LogP) is 4.10. The third-order valence-electron chi connectivity index (χ3n) is 4.38. The Morgan fingerprint density at radius 1 is 1.11 bits per heavy atom. The fourth-order valence-electron chi connectivity index (χ4n) is 3.08. The summed E-state index contributed by atoms with van der Waals surface area (Å²) in [5, 5.41) is 17.4. The molecule has 0 radical (unpaired) electrons. The van der Waals surface area contributed by atoms with Crippen LogP contribution < -0.4 is 10.6 Å². The second-order valence-corrected chi connectivity index (χ2v) is 6.35. The van der Waals surface area contributed by atoms with Crippen LogP contribution in [-0.4, -0.2) is 29.1 Å². The molecule has 0 fully saturated rings. The molecular weight excluding hydrogens is 451 g/mol. The SMILES string of the molecule is CCNC(=NCc1ccc(O)cc1)NCCc1c[nH]c2cccc(C)c12.I. The summed E-state index contributed by atoms with van der Waals surface area (Å²) < 4.78 is 0. The zero-order valence-corrected chi connectivity index (χ0v) is 18.1. The van der Waals surface area contributed by atoms with Crippen molar-refractivity contribution in [2.45, 2.75) is 26.8 Å². The number of aromatic amines is 1. The van der Waals surface area contributed by atoms with Crippen molar-refractivity contribution in [1.29, 1.82) is 0 Å². The van der Waals surface area contributed by atoms with Crippen LogP contribution in [0.2, 0.25) is 0 Å². The number of phenols is 1. The maximum Gasteiger partial charge on any atom is 0.191 e. The Balaban J connectivity index is 0.00000261. The zero-order valence-electron chi connectivity index (χ0n) is 15.7. The zero-order chi connectivity index (χ0) is 18.4. The van der Waals surface area contributed by atoms with Crippen LogP contribution in [0.3, 0.4) is 0 Å². The van der Waals surface area contributed by atoms with Crippen molar-refractivity contribution < 1.29 is 5.11 Å². The average molecular weight is 478 g/mol. The molecular formula is C21H27IN4O. The molecule has 3 rings (SSSR count). The van der Waals surface area contributed by atoms with Gasteiger partial charge in [0.15, 0.2) is 5.96 Å². The normalized spacial score (nSPS) is 11.3. The van der Waals surface area contributed by atoms with Gasteiger partial charge in [-0.1, -0.05) is 24.3 Å². The van der Waals surface area contributed by atoms with E-state index in [1.54, 1.807) is 12.1 Å². The Kier molecular flexibility index (Phi) is 7.97. The third-order valence-corrected chi connectivity index (χ3v) is 4.38. The third kappa shape index (κ3) is 5.63. The number of aryl methyl sites for hydroxylation is 1. The summed E-state index contributed by atoms with van der Waals surface area (Å²) in [7, 11) is 0. The molecule has 6 heteroatoms. The minimum Gasteiger partial charge on any atom is -0.508 e. The van der Waals surface area contributed by atoms with Crippen molar-refractivity contribution in [3.8, 4) is 5.75 Å². The fourth-order valence-corrected chi connectivity index (χ4v) is 3.08. The molecule has 27 heavy (non-hydrogen) atoms. The molecule has 5 nitrogen and oxygen atoms in total. The quantitative estimate of drug-likeness (QED) is 0.245. The monoisotopic (exact) mass is 478 g/mol. The van der Waals surface area contributed by atoms with Crippen LogP contribution in [0.1, 0.15) is 23.6 Å². The number of fused-ring (bicyclic) bond motifs is 1. The van der Waals surface area contributed by atoms with Gasteiger partial charge in [0.2, 0.25) is 0 Å². The van der Waals surface area contributed by atoms with Gasteiger partial charge in [0.05, 0.1) is 6.54 Å². The minimum absolute atomic E-state index is 0. The molecule has 0 aliphatic rings.